The van der Waals surface area contributed by atoms with E-state index in [0.29, 0.717) is 17.1 Å². The van der Waals surface area contributed by atoms with Crippen molar-refractivity contribution in [2.75, 3.05) is 17.1 Å². The lowest BCUT2D eigenvalue weighted by atomic mass is 10.0. The van der Waals surface area contributed by atoms with Gasteiger partial charge < -0.3 is 15.0 Å². The summed E-state index contributed by atoms with van der Waals surface area (Å²) in [5.41, 5.74) is 1.72. The Morgan fingerprint density at radius 3 is 2.02 bits per heavy atom. The van der Waals surface area contributed by atoms with Crippen LogP contribution in [0.1, 0.15) is 36.8 Å². The van der Waals surface area contributed by atoms with E-state index in [2.05, 4.69) is 5.32 Å². The maximum absolute atomic E-state index is 14.3. The Kier molecular flexibility index (Phi) is 10.7. The average Bonchev–Trinajstić information content (AvgIpc) is 3.56. The average molecular weight is 644 g/mol. The second-order valence-corrected chi connectivity index (χ2v) is 13.4. The van der Waals surface area contributed by atoms with E-state index in [1.807, 2.05) is 48.5 Å². The number of benzene rings is 4. The summed E-state index contributed by atoms with van der Waals surface area (Å²) in [4.78, 5) is 29.6. The van der Waals surface area contributed by atoms with Crippen LogP contribution in [-0.2, 0) is 32.6 Å². The molecule has 4 aromatic rings. The van der Waals surface area contributed by atoms with Gasteiger partial charge in [-0.25, -0.2) is 12.8 Å². The first-order chi connectivity index (χ1) is 22.2. The largest absolute Gasteiger partial charge is 0.457 e. The van der Waals surface area contributed by atoms with Crippen LogP contribution in [0, 0.1) is 5.82 Å². The maximum Gasteiger partial charge on any atom is 0.244 e. The molecule has 240 valence electrons. The van der Waals surface area contributed by atoms with Crippen LogP contribution in [0.5, 0.6) is 11.5 Å². The van der Waals surface area contributed by atoms with Crippen LogP contribution in [0.3, 0.4) is 0 Å². The summed E-state index contributed by atoms with van der Waals surface area (Å²) in [6, 6.07) is 29.8. The summed E-state index contributed by atoms with van der Waals surface area (Å²) < 4.78 is 46.8. The fourth-order valence-corrected chi connectivity index (χ4v) is 6.48. The van der Waals surface area contributed by atoms with Crippen molar-refractivity contribution in [1.82, 2.24) is 10.2 Å². The molecule has 1 aliphatic carbocycles. The molecule has 46 heavy (non-hydrogen) atoms. The molecule has 0 heterocycles. The zero-order valence-corrected chi connectivity index (χ0v) is 26.5. The van der Waals surface area contributed by atoms with Gasteiger partial charge >= 0.3 is 0 Å². The molecule has 0 aromatic heterocycles. The molecule has 1 unspecified atom stereocenters. The molecule has 1 aliphatic rings. The molecule has 1 fully saturated rings. The topological polar surface area (TPSA) is 96.0 Å². The monoisotopic (exact) mass is 643 g/mol. The minimum atomic E-state index is -3.93. The summed E-state index contributed by atoms with van der Waals surface area (Å²) in [6.45, 7) is -0.558. The maximum atomic E-state index is 14.3. The molecule has 4 aromatic carbocycles. The number of nitrogens with one attached hydrogen (secondary N) is 1. The van der Waals surface area contributed by atoms with Crippen molar-refractivity contribution in [3.8, 4) is 11.5 Å². The second kappa shape index (κ2) is 15.1. The molecule has 0 bridgehead atoms. The molecule has 1 atom stereocenters. The highest BCUT2D eigenvalue weighted by atomic mass is 32.2. The predicted octanol–water partition coefficient (Wildman–Crippen LogP) is 6.08. The van der Waals surface area contributed by atoms with Crippen molar-refractivity contribution in [3.05, 3.63) is 126 Å². The molecule has 0 radical (unpaired) electrons. The first-order valence-corrected chi connectivity index (χ1v) is 17.2. The van der Waals surface area contributed by atoms with Gasteiger partial charge in [-0.2, -0.15) is 0 Å². The number of hydrogen-bond donors (Lipinski definition) is 1. The van der Waals surface area contributed by atoms with Crippen LogP contribution in [0.15, 0.2) is 109 Å². The first-order valence-electron chi connectivity index (χ1n) is 15.3. The summed E-state index contributed by atoms with van der Waals surface area (Å²) in [7, 11) is -3.93. The van der Waals surface area contributed by atoms with Gasteiger partial charge in [-0.15, -0.1) is 0 Å². The number of amides is 2. The zero-order chi connectivity index (χ0) is 32.5. The van der Waals surface area contributed by atoms with Crippen molar-refractivity contribution in [1.29, 1.82) is 0 Å². The van der Waals surface area contributed by atoms with Gasteiger partial charge in [0.05, 0.1) is 11.9 Å². The molecule has 5 rings (SSSR count). The lowest BCUT2D eigenvalue weighted by Crippen LogP contribution is -2.54. The van der Waals surface area contributed by atoms with Gasteiger partial charge in [0.15, 0.2) is 0 Å². The lowest BCUT2D eigenvalue weighted by Gasteiger charge is -2.34. The van der Waals surface area contributed by atoms with E-state index in [0.717, 1.165) is 41.8 Å². The second-order valence-electron chi connectivity index (χ2n) is 11.5. The van der Waals surface area contributed by atoms with Gasteiger partial charge in [0, 0.05) is 19.0 Å². The van der Waals surface area contributed by atoms with E-state index in [9.17, 15) is 22.4 Å². The molecular formula is C36H38FN3O5S. The van der Waals surface area contributed by atoms with Crippen LogP contribution < -0.4 is 14.4 Å². The molecule has 0 spiro atoms. The van der Waals surface area contributed by atoms with E-state index in [4.69, 9.17) is 4.74 Å². The number of nitrogens with zero attached hydrogens (tertiary/aromatic N) is 2. The number of carbonyl (C=O) groups excluding carboxylic acids is 2. The third-order valence-electron chi connectivity index (χ3n) is 8.02. The SMILES string of the molecule is CS(=O)(=O)N(CC(=O)N(Cc1ccc(F)cc1)C(Cc1ccccc1)C(=O)NC1CCCC1)c1ccc(Oc2ccccc2)cc1. The lowest BCUT2D eigenvalue weighted by molar-refractivity contribution is -0.140. The Labute approximate surface area is 269 Å². The van der Waals surface area contributed by atoms with Gasteiger partial charge in [0.2, 0.25) is 21.8 Å². The van der Waals surface area contributed by atoms with Gasteiger partial charge in [-0.1, -0.05) is 73.5 Å². The fourth-order valence-electron chi connectivity index (χ4n) is 5.63. The minimum absolute atomic E-state index is 0.0117. The number of para-hydroxylation sites is 1. The zero-order valence-electron chi connectivity index (χ0n) is 25.7. The van der Waals surface area contributed by atoms with Crippen molar-refractivity contribution >= 4 is 27.5 Å². The summed E-state index contributed by atoms with van der Waals surface area (Å²) in [5, 5.41) is 3.13. The molecule has 8 nitrogen and oxygen atoms in total. The normalized spacial score (nSPS) is 14.0. The number of hydrogen-bond acceptors (Lipinski definition) is 5. The molecule has 10 heteroatoms. The Morgan fingerprint density at radius 1 is 0.826 bits per heavy atom. The predicted molar refractivity (Wildman–Crippen MR) is 176 cm³/mol. The molecular weight excluding hydrogens is 605 g/mol. The Bertz CT molecular complexity index is 1700. The quantitative estimate of drug-likeness (QED) is 0.191. The van der Waals surface area contributed by atoms with Crippen LogP contribution >= 0.6 is 0 Å². The number of halogens is 1. The molecule has 2 amide bonds. The van der Waals surface area contributed by atoms with E-state index in [1.165, 1.54) is 17.0 Å². The highest BCUT2D eigenvalue weighted by Gasteiger charge is 2.34. The van der Waals surface area contributed by atoms with Crippen LogP contribution in [-0.4, -0.2) is 50.0 Å². The smallest absolute Gasteiger partial charge is 0.244 e. The first kappa shape index (κ1) is 32.7. The number of anilines is 1. The van der Waals surface area contributed by atoms with Crippen molar-refractivity contribution in [2.45, 2.75) is 50.7 Å². The minimum Gasteiger partial charge on any atom is -0.457 e. The third kappa shape index (κ3) is 8.94. The molecule has 1 saturated carbocycles. The van der Waals surface area contributed by atoms with Gasteiger partial charge in [-0.3, -0.25) is 13.9 Å². The standard InChI is InChI=1S/C36H38FN3O5S/c1-46(43,44)40(31-20-22-33(23-21-31)45-32-14-6-3-7-15-32)26-35(41)39(25-28-16-18-29(37)19-17-28)34(24-27-10-4-2-5-11-27)36(42)38-30-12-8-9-13-30/h2-7,10-11,14-23,30,34H,8-9,12-13,24-26H2,1H3,(H,38,42). The van der Waals surface area contributed by atoms with Crippen molar-refractivity contribution < 1.29 is 27.1 Å². The number of ether oxygens (including phenoxy) is 1. The fraction of sp³-hybridized carbons (Fsp3) is 0.278. The Balaban J connectivity index is 1.45. The number of rotatable bonds is 13. The summed E-state index contributed by atoms with van der Waals surface area (Å²) in [5.74, 6) is -0.174. The van der Waals surface area contributed by atoms with Gasteiger partial charge in [0.1, 0.15) is 29.9 Å². The summed E-state index contributed by atoms with van der Waals surface area (Å²) in [6.07, 6.45) is 5.02. The third-order valence-corrected chi connectivity index (χ3v) is 9.16. The van der Waals surface area contributed by atoms with Crippen LogP contribution in [0.2, 0.25) is 0 Å². The number of carbonyl (C=O) groups is 2. The highest BCUT2D eigenvalue weighted by molar-refractivity contribution is 7.92. The molecule has 0 aliphatic heterocycles. The Morgan fingerprint density at radius 2 is 1.41 bits per heavy atom. The Hall–Kier alpha value is -4.70. The molecule has 0 saturated heterocycles. The van der Waals surface area contributed by atoms with Gasteiger partial charge in [0.25, 0.3) is 0 Å². The van der Waals surface area contributed by atoms with E-state index in [1.54, 1.807) is 48.5 Å². The van der Waals surface area contributed by atoms with E-state index >= 15 is 0 Å². The van der Waals surface area contributed by atoms with E-state index in [-0.39, 0.29) is 30.6 Å². The number of sulfonamides is 1. The molecule has 1 N–H and O–H groups in total. The highest BCUT2D eigenvalue weighted by Crippen LogP contribution is 2.26. The van der Waals surface area contributed by atoms with Gasteiger partial charge in [-0.05, 0) is 72.5 Å². The van der Waals surface area contributed by atoms with Crippen molar-refractivity contribution in [3.63, 3.8) is 0 Å². The van der Waals surface area contributed by atoms with E-state index < -0.39 is 34.3 Å². The van der Waals surface area contributed by atoms with Crippen molar-refractivity contribution in [2.24, 2.45) is 0 Å². The van der Waals surface area contributed by atoms with Crippen LogP contribution in [0.4, 0.5) is 10.1 Å². The summed E-state index contributed by atoms with van der Waals surface area (Å²) >= 11 is 0. The van der Waals surface area contributed by atoms with Crippen LogP contribution in [0.25, 0.3) is 0 Å².